The van der Waals surface area contributed by atoms with Gasteiger partial charge in [0.1, 0.15) is 16.1 Å². The summed E-state index contributed by atoms with van der Waals surface area (Å²) >= 11 is 6.27. The number of carboxylic acids is 1. The fraction of sp³-hybridized carbons (Fsp3) is 0.0556. The number of carbonyl (C=O) groups is 2. The Kier molecular flexibility index (Phi) is 5.16. The second-order valence-electron chi connectivity index (χ2n) is 5.08. The number of carbonyl (C=O) groups excluding carboxylic acids is 2. The maximum atomic E-state index is 12.6. The Morgan fingerprint density at radius 1 is 1.24 bits per heavy atom. The van der Waals surface area contributed by atoms with E-state index in [9.17, 15) is 14.7 Å². The van der Waals surface area contributed by atoms with E-state index in [0.29, 0.717) is 16.2 Å². The van der Waals surface area contributed by atoms with E-state index in [2.05, 4.69) is 0 Å². The minimum Gasteiger partial charge on any atom is -0.547 e. The molecule has 2 heterocycles. The molecule has 1 aromatic heterocycles. The number of amides is 1. The first-order valence-electron chi connectivity index (χ1n) is 7.31. The number of nitrogens with zero attached hydrogens (tertiary/aromatic N) is 1. The van der Waals surface area contributed by atoms with Crippen LogP contribution in [-0.4, -0.2) is 21.1 Å². The molecule has 5 nitrogen and oxygen atoms in total. The van der Waals surface area contributed by atoms with Crippen molar-refractivity contribution in [2.75, 3.05) is 0 Å². The molecule has 0 radical (unpaired) electrons. The standard InChI is InChI=1S/C18H13NO4S2/c20-16-14(10-4-8-13-9-5-11-23-13)25-18(24)19(16)15(17(21)22)12-6-2-1-3-7-12/h1-11,15H,(H,21,22)/p-1/b8-4+,14-10-/t15-/m1/s1. The molecule has 1 fully saturated rings. The summed E-state index contributed by atoms with van der Waals surface area (Å²) in [5, 5.41) is 11.6. The van der Waals surface area contributed by atoms with Crippen molar-refractivity contribution < 1.29 is 19.1 Å². The zero-order valence-corrected chi connectivity index (χ0v) is 14.5. The smallest absolute Gasteiger partial charge is 0.267 e. The van der Waals surface area contributed by atoms with Gasteiger partial charge in [-0.25, -0.2) is 0 Å². The van der Waals surface area contributed by atoms with Crippen LogP contribution < -0.4 is 5.11 Å². The first-order chi connectivity index (χ1) is 12.1. The molecule has 1 aromatic carbocycles. The van der Waals surface area contributed by atoms with Crippen LogP contribution in [0.4, 0.5) is 0 Å². The Balaban J connectivity index is 1.86. The van der Waals surface area contributed by atoms with Crippen molar-refractivity contribution in [1.29, 1.82) is 0 Å². The van der Waals surface area contributed by atoms with Gasteiger partial charge in [0, 0.05) is 0 Å². The first kappa shape index (κ1) is 17.2. The van der Waals surface area contributed by atoms with Gasteiger partial charge < -0.3 is 14.3 Å². The third kappa shape index (κ3) is 3.72. The van der Waals surface area contributed by atoms with Crippen molar-refractivity contribution >= 4 is 46.3 Å². The van der Waals surface area contributed by atoms with Gasteiger partial charge in [0.2, 0.25) is 0 Å². The highest BCUT2D eigenvalue weighted by Crippen LogP contribution is 2.37. The zero-order valence-electron chi connectivity index (χ0n) is 12.8. The quantitative estimate of drug-likeness (QED) is 0.595. The number of carboxylic acid groups (broad SMARTS) is 1. The van der Waals surface area contributed by atoms with Crippen LogP contribution in [0, 0.1) is 0 Å². The summed E-state index contributed by atoms with van der Waals surface area (Å²) in [4.78, 5) is 25.7. The fourth-order valence-electron chi connectivity index (χ4n) is 2.36. The van der Waals surface area contributed by atoms with E-state index >= 15 is 0 Å². The lowest BCUT2D eigenvalue weighted by Gasteiger charge is -2.27. The molecular weight excluding hydrogens is 358 g/mol. The van der Waals surface area contributed by atoms with Crippen molar-refractivity contribution in [2.24, 2.45) is 0 Å². The molecule has 126 valence electrons. The fourth-order valence-corrected chi connectivity index (χ4v) is 3.62. The molecule has 25 heavy (non-hydrogen) atoms. The Labute approximate surface area is 153 Å². The molecule has 1 amide bonds. The summed E-state index contributed by atoms with van der Waals surface area (Å²) in [6, 6.07) is 10.7. The molecule has 2 aromatic rings. The highest BCUT2D eigenvalue weighted by molar-refractivity contribution is 8.26. The molecule has 1 atom stereocenters. The maximum absolute atomic E-state index is 12.6. The highest BCUT2D eigenvalue weighted by Gasteiger charge is 2.38. The molecule has 3 rings (SSSR count). The Hall–Kier alpha value is -2.64. The summed E-state index contributed by atoms with van der Waals surface area (Å²) in [6.45, 7) is 0. The van der Waals surface area contributed by atoms with Crippen molar-refractivity contribution in [3.63, 3.8) is 0 Å². The highest BCUT2D eigenvalue weighted by atomic mass is 32.2. The average Bonchev–Trinajstić information content (AvgIpc) is 3.20. The van der Waals surface area contributed by atoms with Gasteiger partial charge in [-0.15, -0.1) is 0 Å². The minimum atomic E-state index is -1.38. The number of rotatable bonds is 5. The van der Waals surface area contributed by atoms with Gasteiger partial charge in [-0.05, 0) is 29.8 Å². The van der Waals surface area contributed by atoms with E-state index in [-0.39, 0.29) is 4.32 Å². The summed E-state index contributed by atoms with van der Waals surface area (Å²) in [5.41, 5.74) is 0.436. The molecule has 1 aliphatic rings. The molecular formula is C18H12NO4S2-. The second kappa shape index (κ2) is 7.50. The first-order valence-corrected chi connectivity index (χ1v) is 8.53. The summed E-state index contributed by atoms with van der Waals surface area (Å²) in [7, 11) is 0. The molecule has 0 spiro atoms. The van der Waals surface area contributed by atoms with Crippen molar-refractivity contribution in [3.05, 3.63) is 77.1 Å². The van der Waals surface area contributed by atoms with Gasteiger partial charge in [0.15, 0.2) is 0 Å². The number of hydrogen-bond donors (Lipinski definition) is 0. The Bertz CT molecular complexity index is 856. The summed E-state index contributed by atoms with van der Waals surface area (Å²) < 4.78 is 5.35. The van der Waals surface area contributed by atoms with E-state index < -0.39 is 17.9 Å². The van der Waals surface area contributed by atoms with Gasteiger partial charge in [-0.2, -0.15) is 0 Å². The number of aliphatic carboxylic acids is 1. The van der Waals surface area contributed by atoms with E-state index in [4.69, 9.17) is 16.6 Å². The van der Waals surface area contributed by atoms with E-state index in [1.54, 1.807) is 67.0 Å². The second-order valence-corrected chi connectivity index (χ2v) is 6.76. The number of thioether (sulfide) groups is 1. The molecule has 1 aliphatic heterocycles. The predicted octanol–water partition coefficient (Wildman–Crippen LogP) is 2.53. The molecule has 0 N–H and O–H groups in total. The molecule has 0 saturated carbocycles. The number of benzene rings is 1. The van der Waals surface area contributed by atoms with E-state index in [1.165, 1.54) is 0 Å². The van der Waals surface area contributed by atoms with Crippen LogP contribution in [0.15, 0.2) is 70.2 Å². The Morgan fingerprint density at radius 2 is 2.00 bits per heavy atom. The van der Waals surface area contributed by atoms with E-state index in [0.717, 1.165) is 16.7 Å². The van der Waals surface area contributed by atoms with Gasteiger partial charge in [-0.1, -0.05) is 60.4 Å². The molecule has 0 unspecified atom stereocenters. The number of furan rings is 1. The maximum Gasteiger partial charge on any atom is 0.267 e. The van der Waals surface area contributed by atoms with Crippen LogP contribution in [0.2, 0.25) is 0 Å². The summed E-state index contributed by atoms with van der Waals surface area (Å²) in [6.07, 6.45) is 6.48. The Morgan fingerprint density at radius 3 is 2.64 bits per heavy atom. The number of thiocarbonyl (C=S) groups is 1. The lowest BCUT2D eigenvalue weighted by Crippen LogP contribution is -2.43. The van der Waals surface area contributed by atoms with Crippen LogP contribution in [0.1, 0.15) is 17.4 Å². The van der Waals surface area contributed by atoms with Crippen LogP contribution in [-0.2, 0) is 9.59 Å². The third-order valence-electron chi connectivity index (χ3n) is 3.47. The molecule has 0 bridgehead atoms. The summed E-state index contributed by atoms with van der Waals surface area (Å²) in [5.74, 6) is -1.20. The third-order valence-corrected chi connectivity index (χ3v) is 4.82. The van der Waals surface area contributed by atoms with Crippen molar-refractivity contribution in [2.45, 2.75) is 6.04 Å². The lowest BCUT2D eigenvalue weighted by atomic mass is 10.1. The van der Waals surface area contributed by atoms with Crippen LogP contribution in [0.5, 0.6) is 0 Å². The average molecular weight is 370 g/mol. The van der Waals surface area contributed by atoms with Crippen LogP contribution in [0.25, 0.3) is 6.08 Å². The lowest BCUT2D eigenvalue weighted by molar-refractivity contribution is -0.310. The molecule has 7 heteroatoms. The van der Waals surface area contributed by atoms with Crippen molar-refractivity contribution in [3.8, 4) is 0 Å². The predicted molar refractivity (Wildman–Crippen MR) is 97.1 cm³/mol. The molecule has 1 saturated heterocycles. The molecule has 0 aliphatic carbocycles. The van der Waals surface area contributed by atoms with Gasteiger partial charge in [-0.3, -0.25) is 9.69 Å². The van der Waals surface area contributed by atoms with Crippen molar-refractivity contribution in [1.82, 2.24) is 4.90 Å². The number of hydrogen-bond acceptors (Lipinski definition) is 6. The number of allylic oxidation sites excluding steroid dienone is 2. The van der Waals surface area contributed by atoms with Crippen LogP contribution >= 0.6 is 24.0 Å². The zero-order chi connectivity index (χ0) is 17.8. The SMILES string of the molecule is O=C([O-])[C@@H](c1ccccc1)N1C(=O)/C(=C/C=C/c2ccco2)SC1=S. The topological polar surface area (TPSA) is 73.6 Å². The monoisotopic (exact) mass is 370 g/mol. The van der Waals surface area contributed by atoms with Gasteiger partial charge >= 0.3 is 0 Å². The van der Waals surface area contributed by atoms with Gasteiger partial charge in [0.25, 0.3) is 5.91 Å². The van der Waals surface area contributed by atoms with E-state index in [1.807, 2.05) is 0 Å². The largest absolute Gasteiger partial charge is 0.547 e. The van der Waals surface area contributed by atoms with Gasteiger partial charge in [0.05, 0.1) is 17.1 Å². The minimum absolute atomic E-state index is 0.181. The normalized spacial score (nSPS) is 17.6. The van der Waals surface area contributed by atoms with Crippen LogP contribution in [0.3, 0.4) is 0 Å².